The van der Waals surface area contributed by atoms with Crippen molar-refractivity contribution in [3.63, 3.8) is 0 Å². The number of carbonyl (C=O) groups excluding carboxylic acids is 1. The molecule has 1 aromatic heterocycles. The average Bonchev–Trinajstić information content (AvgIpc) is 2.88. The van der Waals surface area contributed by atoms with E-state index in [0.29, 0.717) is 23.4 Å². The molecule has 2 fully saturated rings. The molecule has 0 bridgehead atoms. The fourth-order valence-corrected chi connectivity index (χ4v) is 3.68. The molecule has 0 aliphatic carbocycles. The zero-order chi connectivity index (χ0) is 17.5. The Kier molecular flexibility index (Phi) is 4.46. The zero-order valence-electron chi connectivity index (χ0n) is 14.3. The van der Waals surface area contributed by atoms with E-state index < -0.39 is 5.60 Å². The summed E-state index contributed by atoms with van der Waals surface area (Å²) in [5.41, 5.74) is 5.21. The van der Waals surface area contributed by atoms with Gasteiger partial charge in [-0.1, -0.05) is 11.6 Å². The summed E-state index contributed by atoms with van der Waals surface area (Å²) in [4.78, 5) is 24.7. The molecule has 0 spiro atoms. The number of nitrogens with two attached hydrogens (primary N) is 1. The van der Waals surface area contributed by atoms with Gasteiger partial charge in [0.2, 0.25) is 5.95 Å². The van der Waals surface area contributed by atoms with Crippen LogP contribution in [0.25, 0.3) is 0 Å². The first-order valence-electron chi connectivity index (χ1n) is 8.27. The summed E-state index contributed by atoms with van der Waals surface area (Å²) in [7, 11) is 0. The summed E-state index contributed by atoms with van der Waals surface area (Å²) in [6, 6.07) is 1.84. The van der Waals surface area contributed by atoms with Crippen LogP contribution in [0, 0.1) is 5.92 Å². The molecule has 2 aliphatic rings. The summed E-state index contributed by atoms with van der Waals surface area (Å²) < 4.78 is 5.57. The van der Waals surface area contributed by atoms with E-state index in [-0.39, 0.29) is 18.1 Å². The Morgan fingerprint density at radius 1 is 1.38 bits per heavy atom. The van der Waals surface area contributed by atoms with Crippen LogP contribution in [0.15, 0.2) is 6.07 Å². The van der Waals surface area contributed by atoms with Crippen LogP contribution in [0.4, 0.5) is 16.6 Å². The molecule has 0 aromatic carbocycles. The van der Waals surface area contributed by atoms with Gasteiger partial charge in [-0.05, 0) is 39.5 Å². The summed E-state index contributed by atoms with van der Waals surface area (Å²) in [6.45, 7) is 7.93. The van der Waals surface area contributed by atoms with Gasteiger partial charge in [0.15, 0.2) is 0 Å². The molecule has 132 valence electrons. The summed E-state index contributed by atoms with van der Waals surface area (Å²) in [5, 5.41) is 0.330. The molecule has 8 heteroatoms. The Morgan fingerprint density at radius 3 is 2.79 bits per heavy atom. The van der Waals surface area contributed by atoms with Crippen molar-refractivity contribution < 1.29 is 9.53 Å². The van der Waals surface area contributed by atoms with Gasteiger partial charge in [-0.25, -0.2) is 9.78 Å². The van der Waals surface area contributed by atoms with Crippen molar-refractivity contribution in [2.75, 3.05) is 30.3 Å². The van der Waals surface area contributed by atoms with Crippen molar-refractivity contribution in [2.45, 2.75) is 45.3 Å². The second-order valence-electron chi connectivity index (χ2n) is 7.46. The molecule has 1 aromatic rings. The lowest BCUT2D eigenvalue weighted by Crippen LogP contribution is -2.50. The van der Waals surface area contributed by atoms with E-state index in [2.05, 4.69) is 14.9 Å². The van der Waals surface area contributed by atoms with E-state index in [4.69, 9.17) is 22.1 Å². The Balaban J connectivity index is 1.76. The van der Waals surface area contributed by atoms with E-state index in [9.17, 15) is 4.79 Å². The predicted octanol–water partition coefficient (Wildman–Crippen LogP) is 2.55. The van der Waals surface area contributed by atoms with Crippen LogP contribution in [0.1, 0.15) is 33.6 Å². The number of likely N-dealkylation sites (tertiary alicyclic amines) is 1. The van der Waals surface area contributed by atoms with Crippen molar-refractivity contribution in [3.8, 4) is 0 Å². The first kappa shape index (κ1) is 17.1. The van der Waals surface area contributed by atoms with E-state index in [0.717, 1.165) is 25.9 Å². The van der Waals surface area contributed by atoms with Gasteiger partial charge >= 0.3 is 6.09 Å². The van der Waals surface area contributed by atoms with Gasteiger partial charge < -0.3 is 20.3 Å². The van der Waals surface area contributed by atoms with Crippen LogP contribution < -0.4 is 10.6 Å². The van der Waals surface area contributed by atoms with E-state index >= 15 is 0 Å². The molecule has 2 unspecified atom stereocenters. The van der Waals surface area contributed by atoms with E-state index in [1.807, 2.05) is 25.7 Å². The first-order chi connectivity index (χ1) is 11.2. The number of ether oxygens (including phenoxy) is 1. The van der Waals surface area contributed by atoms with E-state index in [1.54, 1.807) is 6.07 Å². The SMILES string of the molecule is CC(C)(C)OC(=O)N1CCCC2CN(c3cc(Cl)nc(N)n3)CC21. The Bertz CT molecular complexity index is 613. The van der Waals surface area contributed by atoms with Crippen LogP contribution in [-0.4, -0.2) is 52.2 Å². The highest BCUT2D eigenvalue weighted by atomic mass is 35.5. The van der Waals surface area contributed by atoms with E-state index in [1.165, 1.54) is 0 Å². The highest BCUT2D eigenvalue weighted by molar-refractivity contribution is 6.29. The average molecular weight is 354 g/mol. The molecule has 0 radical (unpaired) electrons. The zero-order valence-corrected chi connectivity index (χ0v) is 15.1. The third-order valence-corrected chi connectivity index (χ3v) is 4.63. The smallest absolute Gasteiger partial charge is 0.410 e. The number of fused-ring (bicyclic) bond motifs is 1. The molecular formula is C16H24ClN5O2. The minimum atomic E-state index is -0.489. The van der Waals surface area contributed by atoms with Gasteiger partial charge in [0.25, 0.3) is 0 Å². The molecule has 1 amide bonds. The maximum absolute atomic E-state index is 12.5. The molecule has 7 nitrogen and oxygen atoms in total. The van der Waals surface area contributed by atoms with Crippen LogP contribution >= 0.6 is 11.6 Å². The lowest BCUT2D eigenvalue weighted by molar-refractivity contribution is 0.00669. The normalized spacial score (nSPS) is 24.0. The van der Waals surface area contributed by atoms with Crippen molar-refractivity contribution in [2.24, 2.45) is 5.92 Å². The lowest BCUT2D eigenvalue weighted by atomic mass is 9.92. The van der Waals surface area contributed by atoms with Gasteiger partial charge in [0, 0.05) is 25.7 Å². The number of aromatic nitrogens is 2. The van der Waals surface area contributed by atoms with Gasteiger partial charge in [-0.15, -0.1) is 0 Å². The molecule has 2 aliphatic heterocycles. The van der Waals surface area contributed by atoms with Crippen molar-refractivity contribution in [1.29, 1.82) is 0 Å². The summed E-state index contributed by atoms with van der Waals surface area (Å²) in [5.74, 6) is 1.28. The topological polar surface area (TPSA) is 84.6 Å². The van der Waals surface area contributed by atoms with Crippen molar-refractivity contribution in [1.82, 2.24) is 14.9 Å². The van der Waals surface area contributed by atoms with Crippen LogP contribution in [-0.2, 0) is 4.74 Å². The number of nitrogens with zero attached hydrogens (tertiary/aromatic N) is 4. The van der Waals surface area contributed by atoms with Crippen LogP contribution in [0.2, 0.25) is 5.15 Å². The number of halogens is 1. The molecule has 2 atom stereocenters. The molecule has 24 heavy (non-hydrogen) atoms. The molecule has 2 N–H and O–H groups in total. The fraction of sp³-hybridized carbons (Fsp3) is 0.688. The van der Waals surface area contributed by atoms with Crippen LogP contribution in [0.3, 0.4) is 0 Å². The Labute approximate surface area is 147 Å². The molecule has 2 saturated heterocycles. The van der Waals surface area contributed by atoms with Gasteiger partial charge in [-0.2, -0.15) is 4.98 Å². The van der Waals surface area contributed by atoms with Gasteiger partial charge in [-0.3, -0.25) is 0 Å². The third kappa shape index (κ3) is 3.66. The molecule has 3 heterocycles. The third-order valence-electron chi connectivity index (χ3n) is 4.43. The van der Waals surface area contributed by atoms with Crippen molar-refractivity contribution in [3.05, 3.63) is 11.2 Å². The highest BCUT2D eigenvalue weighted by Crippen LogP contribution is 2.34. The predicted molar refractivity (Wildman–Crippen MR) is 93.1 cm³/mol. The lowest BCUT2D eigenvalue weighted by Gasteiger charge is -2.37. The quantitative estimate of drug-likeness (QED) is 0.781. The monoisotopic (exact) mass is 353 g/mol. The van der Waals surface area contributed by atoms with Gasteiger partial charge in [0.05, 0.1) is 6.04 Å². The fourth-order valence-electron chi connectivity index (χ4n) is 3.50. The minimum absolute atomic E-state index is 0.128. The maximum Gasteiger partial charge on any atom is 0.410 e. The molecular weight excluding hydrogens is 330 g/mol. The second-order valence-corrected chi connectivity index (χ2v) is 7.84. The number of hydrogen-bond acceptors (Lipinski definition) is 6. The number of anilines is 2. The largest absolute Gasteiger partial charge is 0.444 e. The number of rotatable bonds is 1. The maximum atomic E-state index is 12.5. The number of hydrogen-bond donors (Lipinski definition) is 1. The molecule has 3 rings (SSSR count). The number of carbonyl (C=O) groups is 1. The second kappa shape index (κ2) is 6.27. The summed E-state index contributed by atoms with van der Waals surface area (Å²) in [6.07, 6.45) is 1.84. The number of nitrogen functional groups attached to an aromatic ring is 1. The Morgan fingerprint density at radius 2 is 2.12 bits per heavy atom. The summed E-state index contributed by atoms with van der Waals surface area (Å²) >= 11 is 5.99. The minimum Gasteiger partial charge on any atom is -0.444 e. The molecule has 0 saturated carbocycles. The first-order valence-corrected chi connectivity index (χ1v) is 8.65. The number of amides is 1. The van der Waals surface area contributed by atoms with Gasteiger partial charge in [0.1, 0.15) is 16.6 Å². The van der Waals surface area contributed by atoms with Crippen molar-refractivity contribution >= 4 is 29.5 Å². The Hall–Kier alpha value is -1.76. The standard InChI is InChI=1S/C16H24ClN5O2/c1-16(2,3)24-15(23)22-6-4-5-10-8-21(9-11(10)22)13-7-12(17)19-14(18)20-13/h7,10-11H,4-6,8-9H2,1-3H3,(H2,18,19,20). The highest BCUT2D eigenvalue weighted by Gasteiger charge is 2.42. The number of piperidine rings is 1. The van der Waals surface area contributed by atoms with Crippen LogP contribution in [0.5, 0.6) is 0 Å².